The van der Waals surface area contributed by atoms with Crippen molar-refractivity contribution in [3.8, 4) is 11.5 Å². The van der Waals surface area contributed by atoms with E-state index in [0.717, 1.165) is 22.2 Å². The van der Waals surface area contributed by atoms with E-state index in [9.17, 15) is 9.59 Å². The van der Waals surface area contributed by atoms with E-state index in [-0.39, 0.29) is 12.3 Å². The van der Waals surface area contributed by atoms with Gasteiger partial charge in [0.15, 0.2) is 0 Å². The van der Waals surface area contributed by atoms with E-state index in [2.05, 4.69) is 16.7 Å². The molecule has 4 aromatic rings. The number of nitrogens with two attached hydrogens (primary N) is 1. The van der Waals surface area contributed by atoms with Gasteiger partial charge >= 0.3 is 5.97 Å². The molecule has 1 aromatic heterocycles. The van der Waals surface area contributed by atoms with Crippen LogP contribution in [0.25, 0.3) is 10.9 Å². The van der Waals surface area contributed by atoms with Gasteiger partial charge in [-0.2, -0.15) is 0 Å². The van der Waals surface area contributed by atoms with Crippen molar-refractivity contribution in [3.63, 3.8) is 0 Å². The van der Waals surface area contributed by atoms with E-state index in [0.29, 0.717) is 29.2 Å². The van der Waals surface area contributed by atoms with Crippen LogP contribution in [0.2, 0.25) is 0 Å². The first-order chi connectivity index (χ1) is 15.9. The summed E-state index contributed by atoms with van der Waals surface area (Å²) in [5, 5.41) is 0.918. The van der Waals surface area contributed by atoms with Gasteiger partial charge in [0.2, 0.25) is 5.91 Å². The summed E-state index contributed by atoms with van der Waals surface area (Å²) >= 11 is 0. The Kier molecular flexibility index (Phi) is 6.18. The second-order valence-corrected chi connectivity index (χ2v) is 7.98. The Morgan fingerprint density at radius 3 is 2.42 bits per heavy atom. The lowest BCUT2D eigenvalue weighted by Gasteiger charge is -2.12. The van der Waals surface area contributed by atoms with Crippen LogP contribution < -0.4 is 10.5 Å². The van der Waals surface area contributed by atoms with E-state index in [1.165, 1.54) is 12.7 Å². The highest BCUT2D eigenvalue weighted by atomic mass is 16.5. The van der Waals surface area contributed by atoms with Crippen molar-refractivity contribution in [2.75, 3.05) is 7.11 Å². The molecule has 3 aromatic carbocycles. The van der Waals surface area contributed by atoms with Crippen molar-refractivity contribution < 1.29 is 19.1 Å². The van der Waals surface area contributed by atoms with Gasteiger partial charge in [-0.25, -0.2) is 4.79 Å². The third-order valence-electron chi connectivity index (χ3n) is 5.88. The predicted octanol–water partition coefficient (Wildman–Crippen LogP) is 4.91. The Labute approximate surface area is 192 Å². The second-order valence-electron chi connectivity index (χ2n) is 7.98. The maximum atomic E-state index is 12.0. The van der Waals surface area contributed by atoms with Gasteiger partial charge in [0, 0.05) is 28.7 Å². The van der Waals surface area contributed by atoms with Crippen LogP contribution in [0.5, 0.6) is 11.5 Å². The van der Waals surface area contributed by atoms with Crippen LogP contribution in [0.4, 0.5) is 0 Å². The second kappa shape index (κ2) is 9.20. The van der Waals surface area contributed by atoms with Crippen LogP contribution in [0.3, 0.4) is 0 Å². The molecule has 1 amide bonds. The first-order valence-corrected chi connectivity index (χ1v) is 10.7. The molecule has 0 saturated carbocycles. The summed E-state index contributed by atoms with van der Waals surface area (Å²) < 4.78 is 13.2. The van der Waals surface area contributed by atoms with E-state index in [1.807, 2.05) is 56.3 Å². The van der Waals surface area contributed by atoms with Crippen LogP contribution >= 0.6 is 0 Å². The van der Waals surface area contributed by atoms with E-state index < -0.39 is 5.97 Å². The molecule has 0 spiro atoms. The molecular weight excluding hydrogens is 416 g/mol. The maximum absolute atomic E-state index is 12.0. The lowest BCUT2D eigenvalue weighted by atomic mass is 10.1. The Morgan fingerprint density at radius 2 is 1.73 bits per heavy atom. The standard InChI is InChI=1S/C27H26N2O4/c1-17-21(27(31)32-3)10-7-11-25(17)33-20-12-13-24-23(14-20)22(15-26(28)30)18(2)29(24)16-19-8-5-4-6-9-19/h4-14H,15-16H2,1-3H3,(H2,28,30). The number of hydrogen-bond acceptors (Lipinski definition) is 4. The highest BCUT2D eigenvalue weighted by Gasteiger charge is 2.18. The molecule has 0 radical (unpaired) electrons. The molecule has 4 rings (SSSR count). The smallest absolute Gasteiger partial charge is 0.338 e. The third kappa shape index (κ3) is 4.46. The molecule has 0 saturated heterocycles. The molecule has 168 valence electrons. The summed E-state index contributed by atoms with van der Waals surface area (Å²) in [7, 11) is 1.35. The molecular formula is C27H26N2O4. The number of carbonyl (C=O) groups excluding carboxylic acids is 2. The molecule has 33 heavy (non-hydrogen) atoms. The molecule has 0 aliphatic heterocycles. The van der Waals surface area contributed by atoms with Crippen molar-refractivity contribution in [1.29, 1.82) is 0 Å². The van der Waals surface area contributed by atoms with Gasteiger partial charge in [0.05, 0.1) is 19.1 Å². The molecule has 0 bridgehead atoms. The lowest BCUT2D eigenvalue weighted by Crippen LogP contribution is -2.14. The van der Waals surface area contributed by atoms with Crippen LogP contribution in [0.15, 0.2) is 66.7 Å². The van der Waals surface area contributed by atoms with Crippen molar-refractivity contribution >= 4 is 22.8 Å². The number of nitrogens with zero attached hydrogens (tertiary/aromatic N) is 1. The molecule has 0 atom stereocenters. The largest absolute Gasteiger partial charge is 0.465 e. The molecule has 6 heteroatoms. The summed E-state index contributed by atoms with van der Waals surface area (Å²) in [5.41, 5.74) is 10.8. The fraction of sp³-hybridized carbons (Fsp3) is 0.185. The molecule has 0 fully saturated rings. The Hall–Kier alpha value is -4.06. The zero-order valence-corrected chi connectivity index (χ0v) is 18.9. The number of rotatable bonds is 7. The van der Waals surface area contributed by atoms with Gasteiger partial charge in [0.25, 0.3) is 0 Å². The highest BCUT2D eigenvalue weighted by Crippen LogP contribution is 2.34. The van der Waals surface area contributed by atoms with E-state index in [4.69, 9.17) is 15.2 Å². The fourth-order valence-corrected chi connectivity index (χ4v) is 4.14. The van der Waals surface area contributed by atoms with Crippen LogP contribution in [-0.4, -0.2) is 23.6 Å². The fourth-order valence-electron chi connectivity index (χ4n) is 4.14. The van der Waals surface area contributed by atoms with Gasteiger partial charge in [-0.3, -0.25) is 4.79 Å². The zero-order chi connectivity index (χ0) is 23.5. The van der Waals surface area contributed by atoms with Gasteiger partial charge < -0.3 is 19.8 Å². The van der Waals surface area contributed by atoms with Crippen molar-refractivity contribution in [2.24, 2.45) is 5.73 Å². The maximum Gasteiger partial charge on any atom is 0.338 e. The predicted molar refractivity (Wildman–Crippen MR) is 128 cm³/mol. The number of fused-ring (bicyclic) bond motifs is 1. The number of benzene rings is 3. The highest BCUT2D eigenvalue weighted by molar-refractivity contribution is 5.92. The molecule has 2 N–H and O–H groups in total. The topological polar surface area (TPSA) is 83.6 Å². The van der Waals surface area contributed by atoms with E-state index in [1.54, 1.807) is 12.1 Å². The lowest BCUT2D eigenvalue weighted by molar-refractivity contribution is -0.117. The molecule has 1 heterocycles. The minimum absolute atomic E-state index is 0.143. The van der Waals surface area contributed by atoms with Gasteiger partial charge in [-0.15, -0.1) is 0 Å². The molecule has 0 unspecified atom stereocenters. The minimum Gasteiger partial charge on any atom is -0.465 e. The Balaban J connectivity index is 1.77. The number of hydrogen-bond donors (Lipinski definition) is 1. The minimum atomic E-state index is -0.411. The van der Waals surface area contributed by atoms with Crippen molar-refractivity contribution in [1.82, 2.24) is 4.57 Å². The Bertz CT molecular complexity index is 1340. The number of methoxy groups -OCH3 is 1. The van der Waals surface area contributed by atoms with Crippen LogP contribution in [-0.2, 0) is 22.5 Å². The average molecular weight is 443 g/mol. The van der Waals surface area contributed by atoms with Crippen LogP contribution in [0.1, 0.15) is 32.7 Å². The van der Waals surface area contributed by atoms with Gasteiger partial charge in [0.1, 0.15) is 11.5 Å². The number of ether oxygens (including phenoxy) is 2. The number of amides is 1. The summed E-state index contributed by atoms with van der Waals surface area (Å²) in [6.45, 7) is 4.51. The summed E-state index contributed by atoms with van der Waals surface area (Å²) in [6.07, 6.45) is 0.143. The number of esters is 1. The summed E-state index contributed by atoms with van der Waals surface area (Å²) in [5.74, 6) is 0.375. The normalized spacial score (nSPS) is 10.9. The molecule has 0 aliphatic rings. The number of carbonyl (C=O) groups is 2. The van der Waals surface area contributed by atoms with Crippen LogP contribution in [0, 0.1) is 13.8 Å². The first kappa shape index (κ1) is 22.1. The monoisotopic (exact) mass is 442 g/mol. The van der Waals surface area contributed by atoms with Gasteiger partial charge in [-0.1, -0.05) is 36.4 Å². The first-order valence-electron chi connectivity index (χ1n) is 10.7. The summed E-state index contributed by atoms with van der Waals surface area (Å²) in [4.78, 5) is 23.8. The number of primary amides is 1. The summed E-state index contributed by atoms with van der Waals surface area (Å²) in [6, 6.07) is 21.2. The average Bonchev–Trinajstić information content (AvgIpc) is 3.05. The molecule has 0 aliphatic carbocycles. The quantitative estimate of drug-likeness (QED) is 0.412. The van der Waals surface area contributed by atoms with Crippen molar-refractivity contribution in [3.05, 3.63) is 94.7 Å². The number of aromatic nitrogens is 1. The zero-order valence-electron chi connectivity index (χ0n) is 18.9. The molecule has 6 nitrogen and oxygen atoms in total. The Morgan fingerprint density at radius 1 is 0.970 bits per heavy atom. The SMILES string of the molecule is COC(=O)c1cccc(Oc2ccc3c(c2)c(CC(N)=O)c(C)n3Cc2ccccc2)c1C. The van der Waals surface area contributed by atoms with E-state index >= 15 is 0 Å². The van der Waals surface area contributed by atoms with Gasteiger partial charge in [-0.05, 0) is 55.3 Å². The third-order valence-corrected chi connectivity index (χ3v) is 5.88. The van der Waals surface area contributed by atoms with Crippen molar-refractivity contribution in [2.45, 2.75) is 26.8 Å².